The second kappa shape index (κ2) is 2.84. The van der Waals surface area contributed by atoms with Gasteiger partial charge in [0.15, 0.2) is 0 Å². The van der Waals surface area contributed by atoms with Crippen LogP contribution in [-0.4, -0.2) is 0 Å². The molecule has 0 N–H and O–H groups in total. The summed E-state index contributed by atoms with van der Waals surface area (Å²) in [4.78, 5) is 0. The Morgan fingerprint density at radius 1 is 1.50 bits per heavy atom. The predicted molar refractivity (Wildman–Crippen MR) is 41.2 cm³/mol. The van der Waals surface area contributed by atoms with E-state index in [9.17, 15) is 0 Å². The lowest BCUT2D eigenvalue weighted by atomic mass is 10.1. The molecule has 0 fully saturated rings. The SMILES string of the molecule is C=Cc1cccc(C#N)c1. The topological polar surface area (TPSA) is 23.8 Å². The Morgan fingerprint density at radius 3 is 2.90 bits per heavy atom. The van der Waals surface area contributed by atoms with Crippen molar-refractivity contribution in [2.45, 2.75) is 0 Å². The Hall–Kier alpha value is -1.55. The van der Waals surface area contributed by atoms with Crippen LogP contribution in [0.1, 0.15) is 11.1 Å². The first-order chi connectivity index (χ1) is 4.86. The number of hydrogen-bond acceptors (Lipinski definition) is 1. The molecule has 0 aliphatic rings. The summed E-state index contributed by atoms with van der Waals surface area (Å²) in [5.74, 6) is 0. The zero-order valence-electron chi connectivity index (χ0n) is 5.54. The van der Waals surface area contributed by atoms with Crippen molar-refractivity contribution in [1.29, 1.82) is 5.26 Å². The third-order valence-corrected chi connectivity index (χ3v) is 1.25. The fraction of sp³-hybridized carbons (Fsp3) is 0. The Morgan fingerprint density at radius 2 is 2.30 bits per heavy atom. The van der Waals surface area contributed by atoms with E-state index in [-0.39, 0.29) is 0 Å². The summed E-state index contributed by atoms with van der Waals surface area (Å²) in [6.45, 7) is 3.60. The molecule has 0 spiro atoms. The van der Waals surface area contributed by atoms with E-state index in [1.165, 1.54) is 0 Å². The molecular weight excluding hydrogens is 122 g/mol. The fourth-order valence-corrected chi connectivity index (χ4v) is 0.735. The van der Waals surface area contributed by atoms with Crippen molar-refractivity contribution < 1.29 is 0 Å². The molecule has 0 heterocycles. The van der Waals surface area contributed by atoms with Crippen molar-refractivity contribution in [2.75, 3.05) is 0 Å². The standard InChI is InChI=1S/C9H7N/c1-2-8-4-3-5-9(6-8)7-10/h2-6H,1H2. The average Bonchev–Trinajstić information content (AvgIpc) is 2.05. The molecule has 1 aromatic rings. The van der Waals surface area contributed by atoms with Gasteiger partial charge in [-0.25, -0.2) is 0 Å². The van der Waals surface area contributed by atoms with Gasteiger partial charge in [0.25, 0.3) is 0 Å². The van der Waals surface area contributed by atoms with Crippen molar-refractivity contribution in [2.24, 2.45) is 0 Å². The predicted octanol–water partition coefficient (Wildman–Crippen LogP) is 2.20. The van der Waals surface area contributed by atoms with Crippen molar-refractivity contribution in [1.82, 2.24) is 0 Å². The van der Waals surface area contributed by atoms with Gasteiger partial charge in [-0.05, 0) is 17.7 Å². The fourth-order valence-electron chi connectivity index (χ4n) is 0.735. The summed E-state index contributed by atoms with van der Waals surface area (Å²) >= 11 is 0. The van der Waals surface area contributed by atoms with Gasteiger partial charge in [-0.1, -0.05) is 24.8 Å². The number of benzene rings is 1. The van der Waals surface area contributed by atoms with Crippen molar-refractivity contribution >= 4 is 6.08 Å². The maximum absolute atomic E-state index is 8.47. The van der Waals surface area contributed by atoms with E-state index in [0.29, 0.717) is 5.56 Å². The van der Waals surface area contributed by atoms with E-state index < -0.39 is 0 Å². The van der Waals surface area contributed by atoms with Gasteiger partial charge in [0.1, 0.15) is 0 Å². The molecular formula is C9H7N. The van der Waals surface area contributed by atoms with Gasteiger partial charge in [0.05, 0.1) is 11.6 Å². The van der Waals surface area contributed by atoms with Crippen molar-refractivity contribution in [3.8, 4) is 6.07 Å². The summed E-state index contributed by atoms with van der Waals surface area (Å²) in [5, 5.41) is 8.47. The molecule has 0 aromatic heterocycles. The molecule has 0 aliphatic heterocycles. The normalized spacial score (nSPS) is 8.30. The van der Waals surface area contributed by atoms with Crippen LogP contribution in [0.4, 0.5) is 0 Å². The smallest absolute Gasteiger partial charge is 0.0991 e. The molecule has 0 saturated heterocycles. The lowest BCUT2D eigenvalue weighted by Crippen LogP contribution is -1.74. The zero-order valence-corrected chi connectivity index (χ0v) is 5.54. The lowest BCUT2D eigenvalue weighted by molar-refractivity contribution is 1.48. The Balaban J connectivity index is 3.13. The van der Waals surface area contributed by atoms with Crippen LogP contribution >= 0.6 is 0 Å². The van der Waals surface area contributed by atoms with Crippen LogP contribution in [0.3, 0.4) is 0 Å². The molecule has 1 rings (SSSR count). The Kier molecular flexibility index (Phi) is 1.86. The highest BCUT2D eigenvalue weighted by molar-refractivity contribution is 5.50. The molecule has 0 bridgehead atoms. The highest BCUT2D eigenvalue weighted by Gasteiger charge is 1.87. The van der Waals surface area contributed by atoms with E-state index in [1.807, 2.05) is 12.1 Å². The average molecular weight is 129 g/mol. The highest BCUT2D eigenvalue weighted by atomic mass is 14.2. The van der Waals surface area contributed by atoms with Gasteiger partial charge >= 0.3 is 0 Å². The van der Waals surface area contributed by atoms with Gasteiger partial charge in [-0.3, -0.25) is 0 Å². The Labute approximate surface area is 60.2 Å². The molecule has 0 saturated carbocycles. The van der Waals surface area contributed by atoms with Gasteiger partial charge in [0, 0.05) is 0 Å². The molecule has 1 heteroatoms. The minimum Gasteiger partial charge on any atom is -0.192 e. The maximum atomic E-state index is 8.47. The molecule has 0 amide bonds. The summed E-state index contributed by atoms with van der Waals surface area (Å²) in [5.41, 5.74) is 1.66. The first-order valence-electron chi connectivity index (χ1n) is 2.99. The first kappa shape index (κ1) is 6.57. The number of rotatable bonds is 1. The van der Waals surface area contributed by atoms with Crippen LogP contribution in [-0.2, 0) is 0 Å². The first-order valence-corrected chi connectivity index (χ1v) is 2.99. The molecule has 48 valence electrons. The van der Waals surface area contributed by atoms with Crippen molar-refractivity contribution in [3.05, 3.63) is 42.0 Å². The van der Waals surface area contributed by atoms with E-state index >= 15 is 0 Å². The molecule has 0 radical (unpaired) electrons. The number of nitrogens with zero attached hydrogens (tertiary/aromatic N) is 1. The zero-order chi connectivity index (χ0) is 7.40. The van der Waals surface area contributed by atoms with Crippen LogP contribution in [0.2, 0.25) is 0 Å². The van der Waals surface area contributed by atoms with Gasteiger partial charge in [0.2, 0.25) is 0 Å². The van der Waals surface area contributed by atoms with Crippen LogP contribution in [0.25, 0.3) is 6.08 Å². The molecule has 1 nitrogen and oxygen atoms in total. The number of hydrogen-bond donors (Lipinski definition) is 0. The molecule has 0 aliphatic carbocycles. The summed E-state index contributed by atoms with van der Waals surface area (Å²) in [6, 6.07) is 9.38. The molecule has 1 aromatic carbocycles. The van der Waals surface area contributed by atoms with Gasteiger partial charge in [-0.2, -0.15) is 5.26 Å². The molecule has 0 atom stereocenters. The van der Waals surface area contributed by atoms with E-state index in [1.54, 1.807) is 18.2 Å². The van der Waals surface area contributed by atoms with Crippen LogP contribution < -0.4 is 0 Å². The van der Waals surface area contributed by atoms with Gasteiger partial charge in [-0.15, -0.1) is 0 Å². The lowest BCUT2D eigenvalue weighted by Gasteiger charge is -1.90. The quantitative estimate of drug-likeness (QED) is 0.570. The maximum Gasteiger partial charge on any atom is 0.0991 e. The van der Waals surface area contributed by atoms with E-state index in [2.05, 4.69) is 12.6 Å². The monoisotopic (exact) mass is 129 g/mol. The van der Waals surface area contributed by atoms with Crippen LogP contribution in [0.15, 0.2) is 30.8 Å². The highest BCUT2D eigenvalue weighted by Crippen LogP contribution is 2.04. The number of nitriles is 1. The van der Waals surface area contributed by atoms with E-state index in [0.717, 1.165) is 5.56 Å². The van der Waals surface area contributed by atoms with Crippen molar-refractivity contribution in [3.63, 3.8) is 0 Å². The summed E-state index contributed by atoms with van der Waals surface area (Å²) in [7, 11) is 0. The van der Waals surface area contributed by atoms with E-state index in [4.69, 9.17) is 5.26 Å². The third kappa shape index (κ3) is 1.24. The second-order valence-electron chi connectivity index (χ2n) is 1.94. The summed E-state index contributed by atoms with van der Waals surface area (Å²) < 4.78 is 0. The largest absolute Gasteiger partial charge is 0.192 e. The molecule has 10 heavy (non-hydrogen) atoms. The minimum atomic E-state index is 0.678. The molecule has 0 unspecified atom stereocenters. The minimum absolute atomic E-state index is 0.678. The third-order valence-electron chi connectivity index (χ3n) is 1.25. The van der Waals surface area contributed by atoms with Crippen LogP contribution in [0.5, 0.6) is 0 Å². The summed E-state index contributed by atoms with van der Waals surface area (Å²) in [6.07, 6.45) is 1.72. The Bertz CT molecular complexity index is 281. The van der Waals surface area contributed by atoms with Gasteiger partial charge < -0.3 is 0 Å². The second-order valence-corrected chi connectivity index (χ2v) is 1.94. The van der Waals surface area contributed by atoms with Crippen LogP contribution in [0, 0.1) is 11.3 Å².